The van der Waals surface area contributed by atoms with Gasteiger partial charge >= 0.3 is 0 Å². The zero-order chi connectivity index (χ0) is 19.9. The van der Waals surface area contributed by atoms with Crippen LogP contribution in [0.4, 0.5) is 0 Å². The first-order valence-electron chi connectivity index (χ1n) is 9.52. The highest BCUT2D eigenvalue weighted by atomic mass is 32.2. The molecule has 0 saturated heterocycles. The Morgan fingerprint density at radius 1 is 0.926 bits per heavy atom. The van der Waals surface area contributed by atoms with E-state index >= 15 is 0 Å². The van der Waals surface area contributed by atoms with Gasteiger partial charge in [0.1, 0.15) is 11.3 Å². The van der Waals surface area contributed by atoms with Crippen molar-refractivity contribution in [2.24, 2.45) is 0 Å². The van der Waals surface area contributed by atoms with Gasteiger partial charge < -0.3 is 9.55 Å². The Morgan fingerprint density at radius 3 is 2.11 bits per heavy atom. The highest BCUT2D eigenvalue weighted by Crippen LogP contribution is 2.36. The maximum Gasteiger partial charge on any atom is 0.174 e. The number of fused-ring (bicyclic) bond motifs is 1. The molecule has 1 aromatic carbocycles. The van der Waals surface area contributed by atoms with Crippen LogP contribution < -0.4 is 5.49 Å². The molecule has 0 unspecified atom stereocenters. The molecule has 0 aliphatic heterocycles. The molecule has 3 aromatic rings. The number of hydrogen-bond donors (Lipinski definition) is 2. The molecule has 144 valence electrons. The van der Waals surface area contributed by atoms with Crippen molar-refractivity contribution >= 4 is 22.9 Å². The van der Waals surface area contributed by atoms with E-state index in [1.807, 2.05) is 6.92 Å². The normalized spacial score (nSPS) is 11.5. The summed E-state index contributed by atoms with van der Waals surface area (Å²) in [4.78, 5) is 13.9. The predicted octanol–water partition coefficient (Wildman–Crippen LogP) is 5.04. The standard InChI is InChI=1S/C21H29N5S/c1-8-9-10-26-16(7)23-19(22)17-20(26)25-21(24-17)27-18-14(5)12(3)11(2)13(4)15(18)6/h22H,8-10H2,1-7H3,(H,24,25). The Balaban J connectivity index is 2.13. The SMILES string of the molecule is CCCCn1c(C)nc(=N)c2[nH]c(Sc3c(C)c(C)c(C)c(C)c3C)nc21. The van der Waals surface area contributed by atoms with Gasteiger partial charge in [-0.15, -0.1) is 0 Å². The third-order valence-electron chi connectivity index (χ3n) is 5.68. The molecule has 0 radical (unpaired) electrons. The van der Waals surface area contributed by atoms with E-state index in [0.717, 1.165) is 41.5 Å². The van der Waals surface area contributed by atoms with E-state index in [4.69, 9.17) is 10.4 Å². The van der Waals surface area contributed by atoms with E-state index in [0.29, 0.717) is 0 Å². The average Bonchev–Trinajstić information content (AvgIpc) is 3.06. The highest BCUT2D eigenvalue weighted by molar-refractivity contribution is 7.99. The fraction of sp³-hybridized carbons (Fsp3) is 0.476. The fourth-order valence-electron chi connectivity index (χ4n) is 3.48. The topological polar surface area (TPSA) is 70.3 Å². The lowest BCUT2D eigenvalue weighted by atomic mass is 9.95. The summed E-state index contributed by atoms with van der Waals surface area (Å²) in [5.74, 6) is 0.846. The number of hydrogen-bond acceptors (Lipinski definition) is 4. The van der Waals surface area contributed by atoms with Crippen LogP contribution in [0.5, 0.6) is 0 Å². The van der Waals surface area contributed by atoms with Gasteiger partial charge in [0.25, 0.3) is 0 Å². The molecule has 0 aliphatic carbocycles. The molecule has 0 fully saturated rings. The van der Waals surface area contributed by atoms with Gasteiger partial charge in [0.2, 0.25) is 0 Å². The number of aryl methyl sites for hydroxylation is 2. The van der Waals surface area contributed by atoms with Crippen molar-refractivity contribution in [1.29, 1.82) is 5.41 Å². The zero-order valence-electron chi connectivity index (χ0n) is 17.4. The Hall–Kier alpha value is -2.08. The predicted molar refractivity (Wildman–Crippen MR) is 112 cm³/mol. The van der Waals surface area contributed by atoms with E-state index in [1.54, 1.807) is 11.8 Å². The molecule has 0 aliphatic rings. The molecule has 5 nitrogen and oxygen atoms in total. The van der Waals surface area contributed by atoms with Crippen LogP contribution in [-0.2, 0) is 6.54 Å². The van der Waals surface area contributed by atoms with Gasteiger partial charge in [0.05, 0.1) is 0 Å². The summed E-state index contributed by atoms with van der Waals surface area (Å²) in [6, 6.07) is 0. The number of aromatic amines is 1. The lowest BCUT2D eigenvalue weighted by molar-refractivity contribution is 0.613. The maximum atomic E-state index is 8.25. The highest BCUT2D eigenvalue weighted by Gasteiger charge is 2.17. The Labute approximate surface area is 165 Å². The second kappa shape index (κ2) is 7.50. The fourth-order valence-corrected chi connectivity index (χ4v) is 4.57. The van der Waals surface area contributed by atoms with Crippen molar-refractivity contribution in [3.63, 3.8) is 0 Å². The lowest BCUT2D eigenvalue weighted by Crippen LogP contribution is -2.17. The van der Waals surface area contributed by atoms with Crippen LogP contribution in [0.15, 0.2) is 10.1 Å². The van der Waals surface area contributed by atoms with Crippen molar-refractivity contribution < 1.29 is 0 Å². The van der Waals surface area contributed by atoms with E-state index in [1.165, 1.54) is 32.7 Å². The van der Waals surface area contributed by atoms with Gasteiger partial charge in [-0.05, 0) is 75.8 Å². The van der Waals surface area contributed by atoms with Gasteiger partial charge in [-0.25, -0.2) is 9.97 Å². The number of aromatic nitrogens is 4. The van der Waals surface area contributed by atoms with E-state index in [-0.39, 0.29) is 5.49 Å². The molecular weight excluding hydrogens is 354 g/mol. The first-order valence-corrected chi connectivity index (χ1v) is 10.3. The van der Waals surface area contributed by atoms with E-state index in [2.05, 4.69) is 56.1 Å². The number of imidazole rings is 1. The number of nitrogens with zero attached hydrogens (tertiary/aromatic N) is 3. The molecule has 0 spiro atoms. The first-order chi connectivity index (χ1) is 12.8. The largest absolute Gasteiger partial charge is 0.328 e. The summed E-state index contributed by atoms with van der Waals surface area (Å²) in [5.41, 5.74) is 8.47. The molecule has 0 saturated carbocycles. The van der Waals surface area contributed by atoms with Gasteiger partial charge in [-0.2, -0.15) is 0 Å². The Bertz CT molecular complexity index is 1050. The first kappa shape index (κ1) is 19.7. The van der Waals surface area contributed by atoms with Crippen molar-refractivity contribution in [3.8, 4) is 0 Å². The minimum atomic E-state index is 0.263. The molecule has 6 heteroatoms. The van der Waals surface area contributed by atoms with Crippen molar-refractivity contribution in [2.75, 3.05) is 0 Å². The maximum absolute atomic E-state index is 8.25. The number of rotatable bonds is 5. The van der Waals surface area contributed by atoms with Crippen molar-refractivity contribution in [2.45, 2.75) is 77.9 Å². The minimum Gasteiger partial charge on any atom is -0.328 e. The Morgan fingerprint density at radius 2 is 1.52 bits per heavy atom. The van der Waals surface area contributed by atoms with Crippen molar-refractivity contribution in [1.82, 2.24) is 19.5 Å². The smallest absolute Gasteiger partial charge is 0.174 e. The van der Waals surface area contributed by atoms with E-state index < -0.39 is 0 Å². The number of H-pyrrole nitrogens is 1. The van der Waals surface area contributed by atoms with Gasteiger partial charge in [0, 0.05) is 11.4 Å². The molecule has 27 heavy (non-hydrogen) atoms. The van der Waals surface area contributed by atoms with Crippen LogP contribution in [0, 0.1) is 47.0 Å². The van der Waals surface area contributed by atoms with Gasteiger partial charge in [-0.1, -0.05) is 25.1 Å². The summed E-state index contributed by atoms with van der Waals surface area (Å²) in [5, 5.41) is 9.07. The second-order valence-electron chi connectivity index (χ2n) is 7.31. The summed E-state index contributed by atoms with van der Waals surface area (Å²) in [7, 11) is 0. The second-order valence-corrected chi connectivity index (χ2v) is 8.31. The third-order valence-corrected chi connectivity index (χ3v) is 6.89. The molecule has 2 N–H and O–H groups in total. The summed E-state index contributed by atoms with van der Waals surface area (Å²) in [6.07, 6.45) is 2.19. The lowest BCUT2D eigenvalue weighted by Gasteiger charge is -2.17. The average molecular weight is 384 g/mol. The summed E-state index contributed by atoms with van der Waals surface area (Å²) in [6.45, 7) is 15.9. The third kappa shape index (κ3) is 3.43. The number of benzene rings is 1. The van der Waals surface area contributed by atoms with Crippen LogP contribution in [0.25, 0.3) is 11.2 Å². The van der Waals surface area contributed by atoms with Crippen LogP contribution in [0.1, 0.15) is 53.4 Å². The zero-order valence-corrected chi connectivity index (χ0v) is 18.2. The van der Waals surface area contributed by atoms with Crippen LogP contribution in [0.3, 0.4) is 0 Å². The molecule has 3 rings (SSSR count). The minimum absolute atomic E-state index is 0.263. The number of unbranched alkanes of at least 4 members (excludes halogenated alkanes) is 1. The van der Waals surface area contributed by atoms with Crippen LogP contribution in [0.2, 0.25) is 0 Å². The molecule has 2 aromatic heterocycles. The summed E-state index contributed by atoms with van der Waals surface area (Å²) < 4.78 is 2.13. The molecule has 0 bridgehead atoms. The van der Waals surface area contributed by atoms with Gasteiger partial charge in [-0.3, -0.25) is 5.41 Å². The molecule has 2 heterocycles. The van der Waals surface area contributed by atoms with Crippen LogP contribution >= 0.6 is 11.8 Å². The number of nitrogens with one attached hydrogen (secondary N) is 2. The Kier molecular flexibility index (Phi) is 5.47. The summed E-state index contributed by atoms with van der Waals surface area (Å²) >= 11 is 1.66. The van der Waals surface area contributed by atoms with Gasteiger partial charge in [0.15, 0.2) is 16.3 Å². The molecule has 0 amide bonds. The molecular formula is C21H29N5S. The van der Waals surface area contributed by atoms with Crippen LogP contribution in [-0.4, -0.2) is 19.5 Å². The monoisotopic (exact) mass is 383 g/mol. The molecule has 0 atom stereocenters. The quantitative estimate of drug-likeness (QED) is 0.648. The van der Waals surface area contributed by atoms with E-state index in [9.17, 15) is 0 Å². The van der Waals surface area contributed by atoms with Crippen molar-refractivity contribution in [3.05, 3.63) is 39.1 Å².